The Morgan fingerprint density at radius 2 is 2.18 bits per heavy atom. The topological polar surface area (TPSA) is 96.9 Å². The molecule has 1 rings (SSSR count). The second kappa shape index (κ2) is 5.86. The van der Waals surface area contributed by atoms with Gasteiger partial charge >= 0.3 is 0 Å². The highest BCUT2D eigenvalue weighted by molar-refractivity contribution is 6.06. The Morgan fingerprint density at radius 3 is 2.65 bits per heavy atom. The van der Waals surface area contributed by atoms with Crippen molar-refractivity contribution in [3.05, 3.63) is 0 Å². The number of amidine groups is 1. The van der Waals surface area contributed by atoms with Crippen LogP contribution in [0.15, 0.2) is 5.16 Å². The van der Waals surface area contributed by atoms with Gasteiger partial charge in [0, 0.05) is 19.3 Å². The van der Waals surface area contributed by atoms with Gasteiger partial charge in [0.15, 0.2) is 5.84 Å². The van der Waals surface area contributed by atoms with Crippen LogP contribution in [0.1, 0.15) is 33.1 Å². The highest BCUT2D eigenvalue weighted by Gasteiger charge is 2.37. The number of rotatable bonds is 4. The van der Waals surface area contributed by atoms with Gasteiger partial charge in [-0.15, -0.1) is 0 Å². The summed E-state index contributed by atoms with van der Waals surface area (Å²) in [5.41, 5.74) is 4.63. The average Bonchev–Trinajstić information content (AvgIpc) is 2.37. The molecule has 0 spiro atoms. The fourth-order valence-electron chi connectivity index (χ4n) is 1.75. The van der Waals surface area contributed by atoms with Crippen molar-refractivity contribution >= 4 is 11.7 Å². The Morgan fingerprint density at radius 1 is 1.59 bits per heavy atom. The first kappa shape index (κ1) is 13.8. The highest BCUT2D eigenvalue weighted by Crippen LogP contribution is 2.22. The molecule has 0 radical (unpaired) electrons. The van der Waals surface area contributed by atoms with E-state index in [1.165, 1.54) is 0 Å². The van der Waals surface area contributed by atoms with Crippen LogP contribution < -0.4 is 11.1 Å². The first-order chi connectivity index (χ1) is 8.04. The van der Waals surface area contributed by atoms with E-state index in [1.54, 1.807) is 6.92 Å². The molecule has 0 aromatic carbocycles. The molecule has 17 heavy (non-hydrogen) atoms. The largest absolute Gasteiger partial charge is 0.409 e. The molecule has 1 amide bonds. The van der Waals surface area contributed by atoms with Gasteiger partial charge in [-0.3, -0.25) is 4.79 Å². The molecule has 0 bridgehead atoms. The van der Waals surface area contributed by atoms with Gasteiger partial charge in [0.05, 0.1) is 0 Å². The van der Waals surface area contributed by atoms with Crippen molar-refractivity contribution in [3.63, 3.8) is 0 Å². The minimum Gasteiger partial charge on any atom is -0.409 e. The summed E-state index contributed by atoms with van der Waals surface area (Å²) in [5, 5.41) is 14.6. The average molecular weight is 243 g/mol. The lowest BCUT2D eigenvalue weighted by Crippen LogP contribution is -2.51. The fourth-order valence-corrected chi connectivity index (χ4v) is 1.75. The summed E-state index contributed by atoms with van der Waals surface area (Å²) in [6.07, 6.45) is 2.10. The van der Waals surface area contributed by atoms with Gasteiger partial charge in [0.2, 0.25) is 5.91 Å². The van der Waals surface area contributed by atoms with Crippen molar-refractivity contribution in [2.24, 2.45) is 16.3 Å². The molecule has 6 heteroatoms. The molecule has 1 saturated heterocycles. The third-order valence-corrected chi connectivity index (χ3v) is 3.44. The smallest absolute Gasteiger partial charge is 0.233 e. The van der Waals surface area contributed by atoms with Crippen LogP contribution in [0, 0.1) is 5.41 Å². The molecule has 1 fully saturated rings. The Bertz CT molecular complexity index is 300. The van der Waals surface area contributed by atoms with Crippen molar-refractivity contribution in [2.75, 3.05) is 13.2 Å². The molecule has 6 nitrogen and oxygen atoms in total. The Labute approximate surface area is 101 Å². The number of carbonyl (C=O) groups excluding carboxylic acids is 1. The molecule has 4 N–H and O–H groups in total. The van der Waals surface area contributed by atoms with Crippen molar-refractivity contribution in [1.82, 2.24) is 5.32 Å². The van der Waals surface area contributed by atoms with Crippen LogP contribution in [0.3, 0.4) is 0 Å². The lowest BCUT2D eigenvalue weighted by atomic mass is 9.84. The van der Waals surface area contributed by atoms with E-state index in [9.17, 15) is 4.79 Å². The maximum Gasteiger partial charge on any atom is 0.233 e. The van der Waals surface area contributed by atoms with E-state index in [1.807, 2.05) is 6.92 Å². The molecule has 0 saturated carbocycles. The minimum atomic E-state index is -0.951. The van der Waals surface area contributed by atoms with Gasteiger partial charge in [-0.05, 0) is 26.2 Å². The number of ether oxygens (including phenoxy) is 1. The number of nitrogens with two attached hydrogens (primary N) is 1. The molecule has 1 atom stereocenters. The van der Waals surface area contributed by atoms with Crippen LogP contribution >= 0.6 is 0 Å². The molecule has 0 aromatic heterocycles. The number of hydrogen-bond donors (Lipinski definition) is 3. The summed E-state index contributed by atoms with van der Waals surface area (Å²) in [5.74, 6) is -0.244. The monoisotopic (exact) mass is 243 g/mol. The van der Waals surface area contributed by atoms with Gasteiger partial charge in [-0.2, -0.15) is 0 Å². The normalized spacial score (nSPS) is 21.9. The van der Waals surface area contributed by atoms with Crippen LogP contribution in [-0.4, -0.2) is 36.2 Å². The van der Waals surface area contributed by atoms with E-state index >= 15 is 0 Å². The number of nitrogens with zero attached hydrogens (tertiary/aromatic N) is 1. The van der Waals surface area contributed by atoms with Gasteiger partial charge in [-0.25, -0.2) is 0 Å². The number of amides is 1. The lowest BCUT2D eigenvalue weighted by molar-refractivity contribution is -0.128. The zero-order valence-electron chi connectivity index (χ0n) is 10.4. The Hall–Kier alpha value is -1.30. The first-order valence-electron chi connectivity index (χ1n) is 5.91. The summed E-state index contributed by atoms with van der Waals surface area (Å²) in [6.45, 7) is 4.84. The molecule has 1 heterocycles. The summed E-state index contributed by atoms with van der Waals surface area (Å²) in [7, 11) is 0. The molecule has 0 aliphatic carbocycles. The number of oxime groups is 1. The van der Waals surface area contributed by atoms with Crippen molar-refractivity contribution in [2.45, 2.75) is 39.2 Å². The van der Waals surface area contributed by atoms with Crippen LogP contribution in [0.4, 0.5) is 0 Å². The third kappa shape index (κ3) is 3.09. The van der Waals surface area contributed by atoms with E-state index in [4.69, 9.17) is 15.7 Å². The maximum absolute atomic E-state index is 12.1. The van der Waals surface area contributed by atoms with Crippen LogP contribution in [0.5, 0.6) is 0 Å². The van der Waals surface area contributed by atoms with E-state index in [2.05, 4.69) is 10.5 Å². The Kier molecular flexibility index (Phi) is 4.74. The van der Waals surface area contributed by atoms with E-state index in [-0.39, 0.29) is 17.8 Å². The maximum atomic E-state index is 12.1. The second-order valence-corrected chi connectivity index (χ2v) is 4.53. The van der Waals surface area contributed by atoms with E-state index in [0.29, 0.717) is 19.6 Å². The molecule has 0 aromatic rings. The van der Waals surface area contributed by atoms with Crippen LogP contribution in [0.25, 0.3) is 0 Å². The van der Waals surface area contributed by atoms with Gasteiger partial charge in [0.1, 0.15) is 5.41 Å². The lowest BCUT2D eigenvalue weighted by Gasteiger charge is -2.30. The van der Waals surface area contributed by atoms with Crippen molar-refractivity contribution in [3.8, 4) is 0 Å². The molecule has 1 aliphatic heterocycles. The van der Waals surface area contributed by atoms with Crippen molar-refractivity contribution < 1.29 is 14.7 Å². The van der Waals surface area contributed by atoms with E-state index < -0.39 is 5.41 Å². The summed E-state index contributed by atoms with van der Waals surface area (Å²) in [6, 6.07) is 0.119. The molecule has 1 aliphatic rings. The number of hydrogen-bond acceptors (Lipinski definition) is 4. The standard InChI is InChI=1S/C11H21N3O3/c1-3-11(2,9(12)14-16)10(15)13-8-4-6-17-7-5-8/h8,16H,3-7H2,1-2H3,(H2,12,14)(H,13,15). The van der Waals surface area contributed by atoms with Crippen molar-refractivity contribution in [1.29, 1.82) is 0 Å². The Balaban J connectivity index is 2.66. The first-order valence-corrected chi connectivity index (χ1v) is 5.91. The zero-order chi connectivity index (χ0) is 12.9. The number of carbonyl (C=O) groups is 1. The summed E-state index contributed by atoms with van der Waals surface area (Å²) >= 11 is 0. The van der Waals surface area contributed by atoms with Crippen LogP contribution in [-0.2, 0) is 9.53 Å². The van der Waals surface area contributed by atoms with E-state index in [0.717, 1.165) is 12.8 Å². The van der Waals surface area contributed by atoms with Crippen LogP contribution in [0.2, 0.25) is 0 Å². The predicted molar refractivity (Wildman–Crippen MR) is 63.8 cm³/mol. The van der Waals surface area contributed by atoms with Gasteiger partial charge < -0.3 is 21.0 Å². The second-order valence-electron chi connectivity index (χ2n) is 4.53. The predicted octanol–water partition coefficient (Wildman–Crippen LogP) is 0.444. The molecular weight excluding hydrogens is 222 g/mol. The van der Waals surface area contributed by atoms with Gasteiger partial charge in [0.25, 0.3) is 0 Å². The van der Waals surface area contributed by atoms with Gasteiger partial charge in [-0.1, -0.05) is 12.1 Å². The molecule has 1 unspecified atom stereocenters. The summed E-state index contributed by atoms with van der Waals surface area (Å²) in [4.78, 5) is 12.1. The summed E-state index contributed by atoms with van der Waals surface area (Å²) < 4.78 is 5.22. The third-order valence-electron chi connectivity index (χ3n) is 3.44. The fraction of sp³-hybridized carbons (Fsp3) is 0.818. The SMILES string of the molecule is CCC(C)(C(=O)NC1CCOCC1)C(N)=NO. The highest BCUT2D eigenvalue weighted by atomic mass is 16.5. The molecular formula is C11H21N3O3. The molecule has 98 valence electrons. The minimum absolute atomic E-state index is 0.0513. The quantitative estimate of drug-likeness (QED) is 0.289. The number of nitrogens with one attached hydrogen (secondary N) is 1. The zero-order valence-corrected chi connectivity index (χ0v) is 10.4.